The predicted molar refractivity (Wildman–Crippen MR) is 109 cm³/mol. The second kappa shape index (κ2) is 8.19. The van der Waals surface area contributed by atoms with Gasteiger partial charge in [-0.25, -0.2) is 4.98 Å². The summed E-state index contributed by atoms with van der Waals surface area (Å²) in [7, 11) is 0. The Labute approximate surface area is 166 Å². The van der Waals surface area contributed by atoms with Crippen LogP contribution in [-0.2, 0) is 11.3 Å². The van der Waals surface area contributed by atoms with Crippen LogP contribution in [0, 0.1) is 6.92 Å². The highest BCUT2D eigenvalue weighted by Gasteiger charge is 2.14. The molecule has 0 aliphatic heterocycles. The van der Waals surface area contributed by atoms with Gasteiger partial charge in [0, 0.05) is 33.6 Å². The number of ketones is 1. The molecule has 0 atom stereocenters. The number of anilines is 1. The van der Waals surface area contributed by atoms with Crippen molar-refractivity contribution in [2.45, 2.75) is 20.4 Å². The lowest BCUT2D eigenvalue weighted by atomic mass is 10.1. The number of hydrogen-bond acceptors (Lipinski definition) is 4. The highest BCUT2D eigenvalue weighted by molar-refractivity contribution is 6.30. The number of carbonyl (C=O) groups is 2. The minimum Gasteiger partial charge on any atom is -0.325 e. The summed E-state index contributed by atoms with van der Waals surface area (Å²) in [6, 6.07) is 14.9. The van der Waals surface area contributed by atoms with Crippen molar-refractivity contribution in [2.24, 2.45) is 0 Å². The number of Topliss-reactive ketones (excluding diaryl/α,β-unsaturated/α-hetero) is 1. The van der Waals surface area contributed by atoms with Crippen LogP contribution in [0.1, 0.15) is 23.0 Å². The molecular weight excluding hydrogens is 378 g/mol. The smallest absolute Gasteiger partial charge is 0.254 e. The SMILES string of the molecule is CC(=O)c1ccc(NC(=O)Cn2c(-c3cccc(Cl)c3)nc(C)cc2=O)cc1. The quantitative estimate of drug-likeness (QED) is 0.667. The van der Waals surface area contributed by atoms with Crippen LogP contribution in [0.5, 0.6) is 0 Å². The fourth-order valence-corrected chi connectivity index (χ4v) is 2.94. The molecule has 2 aromatic carbocycles. The molecule has 1 amide bonds. The molecule has 1 N–H and O–H groups in total. The number of nitrogens with zero attached hydrogens (tertiary/aromatic N) is 2. The molecule has 0 fully saturated rings. The van der Waals surface area contributed by atoms with Gasteiger partial charge in [0.1, 0.15) is 12.4 Å². The molecule has 1 aromatic heterocycles. The summed E-state index contributed by atoms with van der Waals surface area (Å²) in [6.07, 6.45) is 0. The van der Waals surface area contributed by atoms with Crippen LogP contribution in [-0.4, -0.2) is 21.2 Å². The molecule has 1 heterocycles. The van der Waals surface area contributed by atoms with Gasteiger partial charge in [-0.1, -0.05) is 23.7 Å². The maximum Gasteiger partial charge on any atom is 0.254 e. The minimum atomic E-state index is -0.383. The van der Waals surface area contributed by atoms with Gasteiger partial charge in [-0.15, -0.1) is 0 Å². The van der Waals surface area contributed by atoms with Crippen molar-refractivity contribution >= 4 is 29.0 Å². The van der Waals surface area contributed by atoms with Crippen LogP contribution in [0.3, 0.4) is 0 Å². The summed E-state index contributed by atoms with van der Waals surface area (Å²) < 4.78 is 1.30. The van der Waals surface area contributed by atoms with Crippen LogP contribution in [0.2, 0.25) is 5.02 Å². The van der Waals surface area contributed by atoms with Crippen LogP contribution in [0.25, 0.3) is 11.4 Å². The highest BCUT2D eigenvalue weighted by atomic mass is 35.5. The van der Waals surface area contributed by atoms with Crippen LogP contribution < -0.4 is 10.9 Å². The van der Waals surface area contributed by atoms with Crippen LogP contribution in [0.15, 0.2) is 59.4 Å². The van der Waals surface area contributed by atoms with E-state index in [2.05, 4.69) is 10.3 Å². The molecule has 0 aliphatic rings. The van der Waals surface area contributed by atoms with Crippen molar-refractivity contribution in [3.63, 3.8) is 0 Å². The normalized spacial score (nSPS) is 10.5. The van der Waals surface area contributed by atoms with Crippen molar-refractivity contribution in [3.05, 3.63) is 81.2 Å². The molecular formula is C21H18ClN3O3. The molecule has 7 heteroatoms. The van der Waals surface area contributed by atoms with Crippen molar-refractivity contribution in [1.82, 2.24) is 9.55 Å². The van der Waals surface area contributed by atoms with Gasteiger partial charge < -0.3 is 5.32 Å². The standard InChI is InChI=1S/C21H18ClN3O3/c1-13-10-20(28)25(21(23-13)16-4-3-5-17(22)11-16)12-19(27)24-18-8-6-15(7-9-18)14(2)26/h3-11H,12H2,1-2H3,(H,24,27). The average Bonchev–Trinajstić information content (AvgIpc) is 2.64. The summed E-state index contributed by atoms with van der Waals surface area (Å²) in [5.74, 6) is -0.0671. The molecule has 142 valence electrons. The maximum absolute atomic E-state index is 12.5. The first kappa shape index (κ1) is 19.5. The van der Waals surface area contributed by atoms with E-state index < -0.39 is 0 Å². The van der Waals surface area contributed by atoms with Crippen LogP contribution >= 0.6 is 11.6 Å². The average molecular weight is 396 g/mol. The monoisotopic (exact) mass is 395 g/mol. The molecule has 6 nitrogen and oxygen atoms in total. The third kappa shape index (κ3) is 4.53. The third-order valence-electron chi connectivity index (χ3n) is 4.10. The van der Waals surface area contributed by atoms with E-state index in [-0.39, 0.29) is 23.8 Å². The Hall–Kier alpha value is -3.25. The first-order valence-electron chi connectivity index (χ1n) is 8.59. The van der Waals surface area contributed by atoms with Gasteiger partial charge in [0.25, 0.3) is 5.56 Å². The van der Waals surface area contributed by atoms with Gasteiger partial charge in [0.05, 0.1) is 0 Å². The summed E-state index contributed by atoms with van der Waals surface area (Å²) in [5.41, 5.74) is 1.96. The zero-order valence-corrected chi connectivity index (χ0v) is 16.2. The zero-order valence-electron chi connectivity index (χ0n) is 15.4. The van der Waals surface area contributed by atoms with E-state index in [0.29, 0.717) is 33.4 Å². The van der Waals surface area contributed by atoms with E-state index in [4.69, 9.17) is 11.6 Å². The second-order valence-electron chi connectivity index (χ2n) is 6.34. The Balaban J connectivity index is 1.88. The molecule has 0 saturated carbocycles. The molecule has 3 aromatic rings. The fourth-order valence-electron chi connectivity index (χ4n) is 2.75. The number of aromatic nitrogens is 2. The number of carbonyl (C=O) groups excluding carboxylic acids is 2. The van der Waals surface area contributed by atoms with Crippen molar-refractivity contribution in [3.8, 4) is 11.4 Å². The van der Waals surface area contributed by atoms with Crippen molar-refractivity contribution in [1.29, 1.82) is 0 Å². The number of benzene rings is 2. The second-order valence-corrected chi connectivity index (χ2v) is 6.77. The lowest BCUT2D eigenvalue weighted by Gasteiger charge is -2.13. The van der Waals surface area contributed by atoms with E-state index in [1.165, 1.54) is 17.6 Å². The number of halogens is 1. The van der Waals surface area contributed by atoms with Gasteiger partial charge in [-0.2, -0.15) is 0 Å². The van der Waals surface area contributed by atoms with E-state index in [1.54, 1.807) is 55.5 Å². The Morgan fingerprint density at radius 2 is 1.82 bits per heavy atom. The fraction of sp³-hybridized carbons (Fsp3) is 0.143. The molecule has 28 heavy (non-hydrogen) atoms. The summed E-state index contributed by atoms with van der Waals surface area (Å²) in [4.78, 5) is 40.8. The molecule has 0 radical (unpaired) electrons. The zero-order chi connectivity index (χ0) is 20.3. The van der Waals surface area contributed by atoms with E-state index in [9.17, 15) is 14.4 Å². The Bertz CT molecular complexity index is 1100. The topological polar surface area (TPSA) is 81.1 Å². The molecule has 0 saturated heterocycles. The summed E-state index contributed by atoms with van der Waals surface area (Å²) in [5, 5.41) is 3.23. The number of nitrogens with one attached hydrogen (secondary N) is 1. The highest BCUT2D eigenvalue weighted by Crippen LogP contribution is 2.20. The lowest BCUT2D eigenvalue weighted by Crippen LogP contribution is -2.29. The lowest BCUT2D eigenvalue weighted by molar-refractivity contribution is -0.116. The van der Waals surface area contributed by atoms with Gasteiger partial charge in [-0.05, 0) is 50.2 Å². The largest absolute Gasteiger partial charge is 0.325 e. The number of rotatable bonds is 5. The maximum atomic E-state index is 12.5. The Kier molecular flexibility index (Phi) is 5.70. The van der Waals surface area contributed by atoms with E-state index in [0.717, 1.165) is 0 Å². The van der Waals surface area contributed by atoms with Gasteiger partial charge in [0.15, 0.2) is 5.78 Å². The predicted octanol–water partition coefficient (Wildman–Crippen LogP) is 3.71. The number of amides is 1. The van der Waals surface area contributed by atoms with Gasteiger partial charge >= 0.3 is 0 Å². The molecule has 0 aliphatic carbocycles. The van der Waals surface area contributed by atoms with E-state index in [1.807, 2.05) is 0 Å². The molecule has 0 unspecified atom stereocenters. The third-order valence-corrected chi connectivity index (χ3v) is 4.33. The van der Waals surface area contributed by atoms with E-state index >= 15 is 0 Å². The van der Waals surface area contributed by atoms with Gasteiger partial charge in [-0.3, -0.25) is 19.0 Å². The minimum absolute atomic E-state index is 0.0543. The van der Waals surface area contributed by atoms with Crippen molar-refractivity contribution < 1.29 is 9.59 Å². The molecule has 0 spiro atoms. The van der Waals surface area contributed by atoms with Crippen molar-refractivity contribution in [2.75, 3.05) is 5.32 Å². The van der Waals surface area contributed by atoms with Crippen LogP contribution in [0.4, 0.5) is 5.69 Å². The first-order valence-corrected chi connectivity index (χ1v) is 8.96. The molecule has 0 bridgehead atoms. The first-order chi connectivity index (χ1) is 13.3. The molecule has 3 rings (SSSR count). The van der Waals surface area contributed by atoms with Gasteiger partial charge in [0.2, 0.25) is 5.91 Å². The Morgan fingerprint density at radius 1 is 1.11 bits per heavy atom. The number of hydrogen-bond donors (Lipinski definition) is 1. The Morgan fingerprint density at radius 3 is 2.46 bits per heavy atom. The summed E-state index contributed by atoms with van der Waals surface area (Å²) in [6.45, 7) is 2.99. The number of aryl methyl sites for hydroxylation is 1. The summed E-state index contributed by atoms with van der Waals surface area (Å²) >= 11 is 6.06.